The first kappa shape index (κ1) is 15.3. The summed E-state index contributed by atoms with van der Waals surface area (Å²) in [4.78, 5) is 24.6. The second kappa shape index (κ2) is 4.97. The maximum absolute atomic E-state index is 13.2. The van der Waals surface area contributed by atoms with Gasteiger partial charge in [0.2, 0.25) is 0 Å². The first-order valence-corrected chi connectivity index (χ1v) is 6.78. The van der Waals surface area contributed by atoms with Gasteiger partial charge < -0.3 is 10.0 Å². The zero-order valence-corrected chi connectivity index (χ0v) is 11.7. The molecular weight excluding hydrogens is 315 g/mol. The number of para-hydroxylation sites is 1. The van der Waals surface area contributed by atoms with Crippen LogP contribution in [0.3, 0.4) is 0 Å². The molecule has 1 unspecified atom stereocenters. The monoisotopic (exact) mass is 327 g/mol. The van der Waals surface area contributed by atoms with Gasteiger partial charge in [-0.05, 0) is 12.5 Å². The van der Waals surface area contributed by atoms with E-state index in [9.17, 15) is 22.8 Å². The number of rotatable bonds is 2. The van der Waals surface area contributed by atoms with Crippen molar-refractivity contribution >= 4 is 22.8 Å². The summed E-state index contributed by atoms with van der Waals surface area (Å²) in [5, 5.41) is 16.1. The maximum Gasteiger partial charge on any atom is 0.406 e. The van der Waals surface area contributed by atoms with Crippen molar-refractivity contribution in [2.24, 2.45) is 5.41 Å². The third kappa shape index (κ3) is 2.23. The summed E-state index contributed by atoms with van der Waals surface area (Å²) < 4.78 is 39.5. The number of carboxylic acid groups (broad SMARTS) is 1. The minimum atomic E-state index is -4.92. The van der Waals surface area contributed by atoms with Crippen LogP contribution < -0.4 is 0 Å². The van der Waals surface area contributed by atoms with Gasteiger partial charge in [0.25, 0.3) is 5.91 Å². The van der Waals surface area contributed by atoms with Crippen molar-refractivity contribution in [3.8, 4) is 0 Å². The molecule has 23 heavy (non-hydrogen) atoms. The van der Waals surface area contributed by atoms with Crippen molar-refractivity contribution in [3.63, 3.8) is 0 Å². The van der Waals surface area contributed by atoms with Gasteiger partial charge in [0.15, 0.2) is 5.41 Å². The number of benzene rings is 1. The van der Waals surface area contributed by atoms with E-state index in [4.69, 9.17) is 5.11 Å². The number of aromatic nitrogens is 2. The van der Waals surface area contributed by atoms with Crippen LogP contribution in [0.2, 0.25) is 0 Å². The van der Waals surface area contributed by atoms with Crippen molar-refractivity contribution in [2.75, 3.05) is 13.1 Å². The van der Waals surface area contributed by atoms with Crippen molar-refractivity contribution in [2.45, 2.75) is 12.6 Å². The molecule has 1 amide bonds. The highest BCUT2D eigenvalue weighted by molar-refractivity contribution is 6.05. The van der Waals surface area contributed by atoms with Gasteiger partial charge >= 0.3 is 12.1 Å². The van der Waals surface area contributed by atoms with Crippen LogP contribution in [0, 0.1) is 5.41 Å². The summed E-state index contributed by atoms with van der Waals surface area (Å²) in [5.74, 6) is -2.60. The highest BCUT2D eigenvalue weighted by Crippen LogP contribution is 2.46. The fraction of sp³-hybridized carbons (Fsp3) is 0.357. The van der Waals surface area contributed by atoms with Crippen LogP contribution in [0.25, 0.3) is 10.9 Å². The molecule has 2 N–H and O–H groups in total. The van der Waals surface area contributed by atoms with Crippen LogP contribution in [0.1, 0.15) is 16.8 Å². The molecule has 1 aliphatic heterocycles. The standard InChI is InChI=1S/C14H12F3N3O3/c15-14(16,17)13(12(22)23)4-5-20(7-13)11(21)9-3-1-2-8-6-18-19-10(8)9/h1-3,6H,4-5,7H2,(H,18,19)(H,22,23). The van der Waals surface area contributed by atoms with Gasteiger partial charge in [-0.15, -0.1) is 0 Å². The van der Waals surface area contributed by atoms with E-state index in [0.29, 0.717) is 10.9 Å². The van der Waals surface area contributed by atoms with Crippen LogP contribution in [0.5, 0.6) is 0 Å². The highest BCUT2D eigenvalue weighted by atomic mass is 19.4. The van der Waals surface area contributed by atoms with Crippen LogP contribution in [0.15, 0.2) is 24.4 Å². The molecule has 0 saturated carbocycles. The highest BCUT2D eigenvalue weighted by Gasteiger charge is 2.64. The van der Waals surface area contributed by atoms with Gasteiger partial charge in [-0.25, -0.2) is 0 Å². The Morgan fingerprint density at radius 3 is 2.70 bits per heavy atom. The van der Waals surface area contributed by atoms with Crippen molar-refractivity contribution < 1.29 is 27.9 Å². The van der Waals surface area contributed by atoms with E-state index < -0.39 is 36.4 Å². The third-order valence-electron chi connectivity index (χ3n) is 4.22. The Bertz CT molecular complexity index is 786. The van der Waals surface area contributed by atoms with E-state index in [1.54, 1.807) is 12.1 Å². The number of carboxylic acids is 1. The second-order valence-corrected chi connectivity index (χ2v) is 5.50. The molecule has 6 nitrogen and oxygen atoms in total. The summed E-state index contributed by atoms with van der Waals surface area (Å²) in [5.41, 5.74) is -2.33. The van der Waals surface area contributed by atoms with E-state index in [-0.39, 0.29) is 12.1 Å². The number of carbonyl (C=O) groups is 2. The van der Waals surface area contributed by atoms with Crippen molar-refractivity contribution in [1.29, 1.82) is 0 Å². The summed E-state index contributed by atoms with van der Waals surface area (Å²) in [6.45, 7) is -1.16. The van der Waals surface area contributed by atoms with E-state index >= 15 is 0 Å². The quantitative estimate of drug-likeness (QED) is 0.884. The van der Waals surface area contributed by atoms with Crippen molar-refractivity contribution in [1.82, 2.24) is 15.1 Å². The molecule has 0 spiro atoms. The van der Waals surface area contributed by atoms with Crippen LogP contribution in [-0.4, -0.2) is 51.3 Å². The van der Waals surface area contributed by atoms with Gasteiger partial charge in [0.1, 0.15) is 0 Å². The Morgan fingerprint density at radius 1 is 1.35 bits per heavy atom. The molecule has 9 heteroatoms. The smallest absolute Gasteiger partial charge is 0.406 e. The molecule has 2 aromatic rings. The number of carbonyl (C=O) groups excluding carboxylic acids is 1. The Kier molecular flexibility index (Phi) is 3.31. The Balaban J connectivity index is 1.94. The lowest BCUT2D eigenvalue weighted by Crippen LogP contribution is -2.47. The summed E-state index contributed by atoms with van der Waals surface area (Å²) in [6, 6.07) is 4.77. The minimum Gasteiger partial charge on any atom is -0.481 e. The third-order valence-corrected chi connectivity index (χ3v) is 4.22. The zero-order valence-electron chi connectivity index (χ0n) is 11.7. The number of nitrogens with zero attached hydrogens (tertiary/aromatic N) is 2. The average Bonchev–Trinajstić information content (AvgIpc) is 3.12. The molecule has 122 valence electrons. The molecular formula is C14H12F3N3O3. The molecule has 1 fully saturated rings. The SMILES string of the molecule is O=C(c1cccc2cn[nH]c12)N1CCC(C(=O)O)(C(F)(F)F)C1. The van der Waals surface area contributed by atoms with Gasteiger partial charge in [-0.3, -0.25) is 14.7 Å². The largest absolute Gasteiger partial charge is 0.481 e. The summed E-state index contributed by atoms with van der Waals surface area (Å²) in [6.07, 6.45) is -4.09. The summed E-state index contributed by atoms with van der Waals surface area (Å²) in [7, 11) is 0. The molecule has 0 radical (unpaired) electrons. The topological polar surface area (TPSA) is 86.3 Å². The first-order chi connectivity index (χ1) is 10.8. The number of fused-ring (bicyclic) bond motifs is 1. The molecule has 2 heterocycles. The molecule has 1 aromatic heterocycles. The maximum atomic E-state index is 13.2. The number of aliphatic carboxylic acids is 1. The average molecular weight is 327 g/mol. The summed E-state index contributed by atoms with van der Waals surface area (Å²) >= 11 is 0. The lowest BCUT2D eigenvalue weighted by atomic mass is 9.86. The predicted octanol–water partition coefficient (Wildman–Crippen LogP) is 2.04. The number of hydrogen-bond acceptors (Lipinski definition) is 3. The number of halogens is 3. The second-order valence-electron chi connectivity index (χ2n) is 5.50. The van der Waals surface area contributed by atoms with Crippen LogP contribution >= 0.6 is 0 Å². The van der Waals surface area contributed by atoms with E-state index in [0.717, 1.165) is 4.90 Å². The molecule has 0 bridgehead atoms. The normalized spacial score (nSPS) is 21.8. The van der Waals surface area contributed by atoms with E-state index in [1.807, 2.05) is 0 Å². The van der Waals surface area contributed by atoms with Crippen LogP contribution in [-0.2, 0) is 4.79 Å². The van der Waals surface area contributed by atoms with Crippen molar-refractivity contribution in [3.05, 3.63) is 30.0 Å². The van der Waals surface area contributed by atoms with E-state index in [2.05, 4.69) is 10.2 Å². The lowest BCUT2D eigenvalue weighted by molar-refractivity contribution is -0.227. The number of aromatic amines is 1. The molecule has 1 aromatic carbocycles. The number of likely N-dealkylation sites (tertiary alicyclic amines) is 1. The van der Waals surface area contributed by atoms with Gasteiger partial charge in [-0.2, -0.15) is 18.3 Å². The zero-order chi connectivity index (χ0) is 16.8. The Hall–Kier alpha value is -2.58. The number of amides is 1. The minimum absolute atomic E-state index is 0.170. The van der Waals surface area contributed by atoms with Gasteiger partial charge in [0.05, 0.1) is 17.3 Å². The molecule has 3 rings (SSSR count). The first-order valence-electron chi connectivity index (χ1n) is 6.78. The Labute approximate surface area is 127 Å². The Morgan fingerprint density at radius 2 is 2.09 bits per heavy atom. The number of alkyl halides is 3. The van der Waals surface area contributed by atoms with Crippen LogP contribution in [0.4, 0.5) is 13.2 Å². The van der Waals surface area contributed by atoms with E-state index in [1.165, 1.54) is 12.3 Å². The molecule has 0 aliphatic carbocycles. The number of nitrogens with one attached hydrogen (secondary N) is 1. The predicted molar refractivity (Wildman–Crippen MR) is 72.7 cm³/mol. The van der Waals surface area contributed by atoms with Gasteiger partial charge in [0, 0.05) is 18.5 Å². The lowest BCUT2D eigenvalue weighted by Gasteiger charge is -2.27. The molecule has 1 aliphatic rings. The molecule has 1 atom stereocenters. The van der Waals surface area contributed by atoms with Gasteiger partial charge in [-0.1, -0.05) is 12.1 Å². The molecule has 1 saturated heterocycles. The fourth-order valence-electron chi connectivity index (χ4n) is 2.83. The fourth-order valence-corrected chi connectivity index (χ4v) is 2.83. The number of H-pyrrole nitrogens is 1. The number of hydrogen-bond donors (Lipinski definition) is 2.